The zero-order chi connectivity index (χ0) is 30.2. The van der Waals surface area contributed by atoms with Gasteiger partial charge in [-0.2, -0.15) is 0 Å². The number of anilines is 1. The van der Waals surface area contributed by atoms with Gasteiger partial charge in [-0.15, -0.1) is 0 Å². The first-order valence-corrected chi connectivity index (χ1v) is 15.3. The molecule has 0 unspecified atom stereocenters. The fourth-order valence-corrected chi connectivity index (χ4v) is 8.26. The van der Waals surface area contributed by atoms with Crippen molar-refractivity contribution < 1.29 is 18.8 Å². The van der Waals surface area contributed by atoms with E-state index in [1.54, 1.807) is 31.1 Å². The molecule has 6 rings (SSSR count). The molecule has 1 aromatic carbocycles. The molecular weight excluding hydrogens is 580 g/mol. The van der Waals surface area contributed by atoms with Crippen molar-refractivity contribution in [2.24, 2.45) is 11.3 Å². The highest BCUT2D eigenvalue weighted by Gasteiger charge is 2.73. The van der Waals surface area contributed by atoms with E-state index >= 15 is 4.39 Å². The summed E-state index contributed by atoms with van der Waals surface area (Å²) in [5.41, 5.74) is -0.695. The van der Waals surface area contributed by atoms with E-state index in [0.717, 1.165) is 12.8 Å². The lowest BCUT2D eigenvalue weighted by Gasteiger charge is -2.50. The zero-order valence-corrected chi connectivity index (χ0v) is 25.7. The number of benzene rings is 1. The van der Waals surface area contributed by atoms with E-state index < -0.39 is 28.7 Å². The van der Waals surface area contributed by atoms with Crippen molar-refractivity contribution in [1.29, 1.82) is 0 Å². The molecular formula is C31H36Cl2FN5O3. The molecule has 3 heterocycles. The van der Waals surface area contributed by atoms with E-state index in [4.69, 9.17) is 23.2 Å². The molecule has 2 aliphatic carbocycles. The Morgan fingerprint density at radius 2 is 1.79 bits per heavy atom. The van der Waals surface area contributed by atoms with Gasteiger partial charge in [0.05, 0.1) is 6.04 Å². The van der Waals surface area contributed by atoms with Crippen molar-refractivity contribution in [2.75, 3.05) is 19.4 Å². The number of nitrogens with zero attached hydrogens (tertiary/aromatic N) is 2. The molecule has 1 saturated heterocycles. The van der Waals surface area contributed by atoms with Crippen LogP contribution >= 0.6 is 23.2 Å². The summed E-state index contributed by atoms with van der Waals surface area (Å²) in [5, 5.41) is 9.96. The van der Waals surface area contributed by atoms with Crippen LogP contribution in [-0.2, 0) is 19.8 Å². The lowest BCUT2D eigenvalue weighted by molar-refractivity contribution is -0.138. The number of hydrogen-bond acceptors (Lipinski definition) is 5. The van der Waals surface area contributed by atoms with Gasteiger partial charge in [-0.05, 0) is 73.3 Å². The second kappa shape index (κ2) is 10.2. The van der Waals surface area contributed by atoms with E-state index in [1.807, 2.05) is 6.07 Å². The maximum absolute atomic E-state index is 16.0. The minimum Gasteiger partial charge on any atom is -0.352 e. The molecule has 2 aromatic rings. The molecule has 11 heteroatoms. The maximum Gasteiger partial charge on any atom is 0.238 e. The Balaban J connectivity index is 1.48. The molecule has 3 N–H and O–H groups in total. The van der Waals surface area contributed by atoms with Crippen LogP contribution in [0, 0.1) is 17.2 Å². The minimum absolute atomic E-state index is 0.0338. The lowest BCUT2D eigenvalue weighted by Crippen LogP contribution is -2.61. The van der Waals surface area contributed by atoms with Crippen LogP contribution in [-0.4, -0.2) is 59.3 Å². The highest BCUT2D eigenvalue weighted by Crippen LogP contribution is 2.64. The SMILES string of the molecule is CN(C)C(=O)[C@H]1C[C@H](NC(=O)[C@@H]2NC3(CCC(C)(C)CC3)[C@@]3(C(=O)Nc4cc(Cl)ccc43)[C@H]2c2ccnc(Cl)c2F)C1. The molecule has 0 radical (unpaired) electrons. The number of aromatic nitrogens is 1. The summed E-state index contributed by atoms with van der Waals surface area (Å²) in [5.74, 6) is -2.41. The Bertz CT molecular complexity index is 1470. The molecule has 3 amide bonds. The van der Waals surface area contributed by atoms with Gasteiger partial charge in [-0.1, -0.05) is 43.1 Å². The van der Waals surface area contributed by atoms with Gasteiger partial charge in [0.15, 0.2) is 11.0 Å². The number of hydrogen-bond donors (Lipinski definition) is 3. The van der Waals surface area contributed by atoms with Crippen molar-refractivity contribution in [3.8, 4) is 0 Å². The first kappa shape index (κ1) is 29.3. The maximum atomic E-state index is 16.0. The third kappa shape index (κ3) is 4.34. The Kier molecular flexibility index (Phi) is 7.10. The summed E-state index contributed by atoms with van der Waals surface area (Å²) in [6.45, 7) is 4.41. The molecule has 224 valence electrons. The van der Waals surface area contributed by atoms with Crippen LogP contribution in [0.15, 0.2) is 30.5 Å². The van der Waals surface area contributed by atoms with Gasteiger partial charge < -0.3 is 15.5 Å². The summed E-state index contributed by atoms with van der Waals surface area (Å²) in [6.07, 6.45) is 5.32. The van der Waals surface area contributed by atoms with Crippen LogP contribution in [0.25, 0.3) is 0 Å². The number of pyridine rings is 1. The predicted octanol–water partition coefficient (Wildman–Crippen LogP) is 4.80. The summed E-state index contributed by atoms with van der Waals surface area (Å²) in [6, 6.07) is 5.66. The first-order valence-electron chi connectivity index (χ1n) is 14.5. The van der Waals surface area contributed by atoms with E-state index in [1.165, 1.54) is 12.3 Å². The third-order valence-electron chi connectivity index (χ3n) is 10.2. The number of rotatable bonds is 4. The monoisotopic (exact) mass is 615 g/mol. The number of carbonyl (C=O) groups excluding carboxylic acids is 3. The van der Waals surface area contributed by atoms with Gasteiger partial charge in [-0.25, -0.2) is 9.37 Å². The molecule has 1 aromatic heterocycles. The number of nitrogens with one attached hydrogen (secondary N) is 3. The van der Waals surface area contributed by atoms with Gasteiger partial charge in [0.2, 0.25) is 17.7 Å². The van der Waals surface area contributed by atoms with Crippen molar-refractivity contribution in [3.63, 3.8) is 0 Å². The van der Waals surface area contributed by atoms with Crippen molar-refractivity contribution in [3.05, 3.63) is 57.6 Å². The summed E-state index contributed by atoms with van der Waals surface area (Å²) >= 11 is 12.6. The molecule has 0 bridgehead atoms. The fraction of sp³-hybridized carbons (Fsp3) is 0.548. The Hall–Kier alpha value is -2.75. The fourth-order valence-electron chi connectivity index (χ4n) is 7.92. The first-order chi connectivity index (χ1) is 19.8. The summed E-state index contributed by atoms with van der Waals surface area (Å²) in [4.78, 5) is 46.6. The molecule has 42 heavy (non-hydrogen) atoms. The quantitative estimate of drug-likeness (QED) is 0.429. The van der Waals surface area contributed by atoms with Crippen molar-refractivity contribution >= 4 is 46.6 Å². The van der Waals surface area contributed by atoms with E-state index in [9.17, 15) is 14.4 Å². The van der Waals surface area contributed by atoms with Crippen molar-refractivity contribution in [1.82, 2.24) is 20.5 Å². The summed E-state index contributed by atoms with van der Waals surface area (Å²) < 4.78 is 16.0. The van der Waals surface area contributed by atoms with Crippen LogP contribution in [0.3, 0.4) is 0 Å². The van der Waals surface area contributed by atoms with Crippen LogP contribution in [0.1, 0.15) is 69.4 Å². The van der Waals surface area contributed by atoms with E-state index in [2.05, 4.69) is 34.8 Å². The number of amides is 3. The van der Waals surface area contributed by atoms with Crippen molar-refractivity contribution in [2.45, 2.75) is 81.3 Å². The predicted molar refractivity (Wildman–Crippen MR) is 159 cm³/mol. The molecule has 2 spiro atoms. The molecule has 4 aliphatic rings. The molecule has 3 fully saturated rings. The highest BCUT2D eigenvalue weighted by molar-refractivity contribution is 6.31. The van der Waals surface area contributed by atoms with Gasteiger partial charge in [0.25, 0.3) is 0 Å². The van der Waals surface area contributed by atoms with Crippen LogP contribution in [0.5, 0.6) is 0 Å². The van der Waals surface area contributed by atoms with Gasteiger partial charge in [0.1, 0.15) is 5.41 Å². The number of halogens is 3. The van der Waals surface area contributed by atoms with E-state index in [-0.39, 0.29) is 45.8 Å². The topological polar surface area (TPSA) is 103 Å². The smallest absolute Gasteiger partial charge is 0.238 e. The standard InChI is InChI=1S/C31H36Cl2FN5O3/c1-29(2)8-10-30(11-9-29)31(20-6-5-17(32)15-21(20)37-28(31)42)22(19-7-12-35-25(33)23(19)34)24(38-30)26(40)36-18-13-16(14-18)27(41)39(3)4/h5-7,12,15-16,18,22,24,38H,8-11,13-14H2,1-4H3,(H,36,40)(H,37,42)/t16-,18-,22-,24+,31+/m0/s1. The van der Waals surface area contributed by atoms with Crippen LogP contribution in [0.4, 0.5) is 10.1 Å². The van der Waals surface area contributed by atoms with Crippen LogP contribution in [0.2, 0.25) is 10.2 Å². The second-order valence-corrected chi connectivity index (χ2v) is 14.2. The van der Waals surface area contributed by atoms with E-state index in [0.29, 0.717) is 42.0 Å². The third-order valence-corrected chi connectivity index (χ3v) is 10.7. The Labute approximate surface area is 255 Å². The zero-order valence-electron chi connectivity index (χ0n) is 24.2. The molecule has 2 aliphatic heterocycles. The average Bonchev–Trinajstić information content (AvgIpc) is 3.36. The van der Waals surface area contributed by atoms with Gasteiger partial charge in [0, 0.05) is 54.4 Å². The van der Waals surface area contributed by atoms with Gasteiger partial charge in [-0.3, -0.25) is 19.7 Å². The highest BCUT2D eigenvalue weighted by atomic mass is 35.5. The molecule has 3 atom stereocenters. The normalized spacial score (nSPS) is 30.5. The molecule has 8 nitrogen and oxygen atoms in total. The average molecular weight is 617 g/mol. The van der Waals surface area contributed by atoms with Gasteiger partial charge >= 0.3 is 0 Å². The Morgan fingerprint density at radius 3 is 2.45 bits per heavy atom. The number of carbonyl (C=O) groups is 3. The number of fused-ring (bicyclic) bond motifs is 3. The lowest BCUT2D eigenvalue weighted by atomic mass is 9.53. The Morgan fingerprint density at radius 1 is 1.10 bits per heavy atom. The van der Waals surface area contributed by atoms with Crippen LogP contribution < -0.4 is 16.0 Å². The summed E-state index contributed by atoms with van der Waals surface area (Å²) in [7, 11) is 3.44. The largest absolute Gasteiger partial charge is 0.352 e. The molecule has 2 saturated carbocycles. The minimum atomic E-state index is -1.32. The second-order valence-electron chi connectivity index (χ2n) is 13.4.